The lowest BCUT2D eigenvalue weighted by atomic mass is 10.1. The van der Waals surface area contributed by atoms with Gasteiger partial charge >= 0.3 is 6.18 Å². The number of rotatable bonds is 3. The Kier molecular flexibility index (Phi) is 5.23. The summed E-state index contributed by atoms with van der Waals surface area (Å²) in [4.78, 5) is 13.9. The van der Waals surface area contributed by atoms with Crippen LogP contribution in [0.25, 0.3) is 0 Å². The van der Waals surface area contributed by atoms with E-state index in [2.05, 4.69) is 5.32 Å². The van der Waals surface area contributed by atoms with Gasteiger partial charge in [-0.25, -0.2) is 0 Å². The highest BCUT2D eigenvalue weighted by Crippen LogP contribution is 2.36. The van der Waals surface area contributed by atoms with Gasteiger partial charge in [-0.15, -0.1) is 0 Å². The first-order valence-corrected chi connectivity index (χ1v) is 7.47. The smallest absolute Gasteiger partial charge is 0.373 e. The molecule has 0 radical (unpaired) electrons. The zero-order valence-electron chi connectivity index (χ0n) is 12.8. The fraction of sp³-hybridized carbons (Fsp3) is 0.533. The van der Waals surface area contributed by atoms with Gasteiger partial charge in [0.2, 0.25) is 5.91 Å². The number of morpholine rings is 1. The van der Waals surface area contributed by atoms with E-state index in [9.17, 15) is 18.0 Å². The van der Waals surface area contributed by atoms with Gasteiger partial charge < -0.3 is 10.1 Å². The fourth-order valence-corrected chi connectivity index (χ4v) is 2.67. The van der Waals surface area contributed by atoms with Crippen molar-refractivity contribution in [3.05, 3.63) is 28.8 Å². The average Bonchev–Trinajstić information content (AvgIpc) is 2.38. The van der Waals surface area contributed by atoms with Crippen molar-refractivity contribution in [1.29, 1.82) is 0 Å². The molecule has 1 fully saturated rings. The second-order valence-electron chi connectivity index (χ2n) is 6.05. The van der Waals surface area contributed by atoms with Crippen molar-refractivity contribution >= 4 is 23.2 Å². The Labute approximate surface area is 137 Å². The number of carbonyl (C=O) groups excluding carboxylic acids is 1. The maximum atomic E-state index is 13.0. The average molecular weight is 351 g/mol. The fourth-order valence-electron chi connectivity index (χ4n) is 2.50. The highest BCUT2D eigenvalue weighted by Gasteiger charge is 2.34. The van der Waals surface area contributed by atoms with Crippen LogP contribution in [0.5, 0.6) is 0 Å². The number of benzene rings is 1. The maximum absolute atomic E-state index is 13.0. The number of nitrogens with one attached hydrogen (secondary N) is 1. The summed E-state index contributed by atoms with van der Waals surface area (Å²) < 4.78 is 44.5. The number of nitrogens with zero attached hydrogens (tertiary/aromatic N) is 1. The maximum Gasteiger partial charge on any atom is 0.418 e. The monoisotopic (exact) mass is 350 g/mol. The standard InChI is InChI=1S/C15H18ClF3N2O2/c1-14(2)9-21(5-6-23-14)8-13(22)20-12-4-3-10(16)7-11(12)15(17,18)19/h3-4,7H,5-6,8-9H2,1-2H3,(H,20,22). The largest absolute Gasteiger partial charge is 0.418 e. The van der Waals surface area contributed by atoms with E-state index in [0.29, 0.717) is 19.7 Å². The number of amides is 1. The molecule has 1 aliphatic rings. The molecule has 1 aromatic carbocycles. The van der Waals surface area contributed by atoms with Crippen molar-refractivity contribution < 1.29 is 22.7 Å². The number of carbonyl (C=O) groups is 1. The van der Waals surface area contributed by atoms with Gasteiger partial charge in [0.1, 0.15) is 0 Å². The molecule has 1 N–H and O–H groups in total. The van der Waals surface area contributed by atoms with Crippen LogP contribution in [0, 0.1) is 0 Å². The van der Waals surface area contributed by atoms with Crippen LogP contribution in [-0.2, 0) is 15.7 Å². The second kappa shape index (κ2) is 6.67. The Morgan fingerprint density at radius 3 is 2.74 bits per heavy atom. The third kappa shape index (κ3) is 5.09. The van der Waals surface area contributed by atoms with E-state index in [1.165, 1.54) is 6.07 Å². The molecule has 23 heavy (non-hydrogen) atoms. The first-order chi connectivity index (χ1) is 10.6. The number of hydrogen-bond donors (Lipinski definition) is 1. The molecule has 0 spiro atoms. The van der Waals surface area contributed by atoms with E-state index in [0.717, 1.165) is 12.1 Å². The Morgan fingerprint density at radius 1 is 1.43 bits per heavy atom. The van der Waals surface area contributed by atoms with Gasteiger partial charge in [-0.3, -0.25) is 9.69 Å². The number of halogens is 4. The number of alkyl halides is 3. The SMILES string of the molecule is CC1(C)CN(CC(=O)Nc2ccc(Cl)cc2C(F)(F)F)CCO1. The minimum absolute atomic E-state index is 0.00666. The lowest BCUT2D eigenvalue weighted by Crippen LogP contribution is -2.50. The molecule has 0 saturated carbocycles. The predicted octanol–water partition coefficient (Wildman–Crippen LogP) is 3.41. The molecule has 1 saturated heterocycles. The summed E-state index contributed by atoms with van der Waals surface area (Å²) in [5.74, 6) is -0.504. The van der Waals surface area contributed by atoms with Crippen molar-refractivity contribution in [2.24, 2.45) is 0 Å². The Balaban J connectivity index is 2.06. The van der Waals surface area contributed by atoms with E-state index in [1.807, 2.05) is 18.7 Å². The van der Waals surface area contributed by atoms with Gasteiger partial charge in [-0.05, 0) is 32.0 Å². The number of anilines is 1. The third-order valence-corrected chi connectivity index (χ3v) is 3.67. The molecule has 2 rings (SSSR count). The van der Waals surface area contributed by atoms with Gasteiger partial charge in [-0.1, -0.05) is 11.6 Å². The first kappa shape index (κ1) is 18.0. The molecule has 1 aromatic rings. The second-order valence-corrected chi connectivity index (χ2v) is 6.49. The van der Waals surface area contributed by atoms with Crippen LogP contribution in [0.2, 0.25) is 5.02 Å². The molecule has 0 bridgehead atoms. The van der Waals surface area contributed by atoms with Gasteiger partial charge in [0.25, 0.3) is 0 Å². The summed E-state index contributed by atoms with van der Waals surface area (Å²) >= 11 is 5.61. The highest BCUT2D eigenvalue weighted by atomic mass is 35.5. The Hall–Kier alpha value is -1.31. The molecule has 1 heterocycles. The van der Waals surface area contributed by atoms with E-state index in [1.54, 1.807) is 0 Å². The summed E-state index contributed by atoms with van der Waals surface area (Å²) in [6, 6.07) is 3.27. The lowest BCUT2D eigenvalue weighted by Gasteiger charge is -2.37. The zero-order valence-corrected chi connectivity index (χ0v) is 13.6. The third-order valence-electron chi connectivity index (χ3n) is 3.43. The van der Waals surface area contributed by atoms with Gasteiger partial charge in [0.05, 0.1) is 30.0 Å². The molecule has 0 aromatic heterocycles. The van der Waals surface area contributed by atoms with Crippen molar-refractivity contribution in [2.45, 2.75) is 25.6 Å². The van der Waals surface area contributed by atoms with Crippen LogP contribution in [0.1, 0.15) is 19.4 Å². The number of hydrogen-bond acceptors (Lipinski definition) is 3. The summed E-state index contributed by atoms with van der Waals surface area (Å²) in [5, 5.41) is 2.28. The van der Waals surface area contributed by atoms with Crippen LogP contribution in [0.15, 0.2) is 18.2 Å². The van der Waals surface area contributed by atoms with Gasteiger partial charge in [0, 0.05) is 18.1 Å². The Bertz CT molecular complexity index is 591. The van der Waals surface area contributed by atoms with E-state index in [-0.39, 0.29) is 22.9 Å². The van der Waals surface area contributed by atoms with E-state index < -0.39 is 17.6 Å². The molecule has 0 atom stereocenters. The van der Waals surface area contributed by atoms with E-state index >= 15 is 0 Å². The van der Waals surface area contributed by atoms with Crippen LogP contribution >= 0.6 is 11.6 Å². The topological polar surface area (TPSA) is 41.6 Å². The molecule has 1 aliphatic heterocycles. The Morgan fingerprint density at radius 2 is 2.13 bits per heavy atom. The molecule has 4 nitrogen and oxygen atoms in total. The van der Waals surface area contributed by atoms with Crippen molar-refractivity contribution in [2.75, 3.05) is 31.6 Å². The van der Waals surface area contributed by atoms with Crippen molar-refractivity contribution in [3.63, 3.8) is 0 Å². The van der Waals surface area contributed by atoms with Crippen LogP contribution in [0.3, 0.4) is 0 Å². The quantitative estimate of drug-likeness (QED) is 0.908. The minimum Gasteiger partial charge on any atom is -0.373 e. The predicted molar refractivity (Wildman–Crippen MR) is 81.6 cm³/mol. The summed E-state index contributed by atoms with van der Waals surface area (Å²) in [6.07, 6.45) is -4.59. The molecule has 1 amide bonds. The molecular weight excluding hydrogens is 333 g/mol. The minimum atomic E-state index is -4.59. The zero-order chi connectivity index (χ0) is 17.3. The molecule has 128 valence electrons. The van der Waals surface area contributed by atoms with Gasteiger partial charge in [0.15, 0.2) is 0 Å². The summed E-state index contributed by atoms with van der Waals surface area (Å²) in [6.45, 7) is 5.38. The van der Waals surface area contributed by atoms with Crippen molar-refractivity contribution in [3.8, 4) is 0 Å². The lowest BCUT2D eigenvalue weighted by molar-refractivity contribution is -0.137. The van der Waals surface area contributed by atoms with Crippen LogP contribution in [0.4, 0.5) is 18.9 Å². The van der Waals surface area contributed by atoms with Crippen LogP contribution in [-0.4, -0.2) is 42.6 Å². The van der Waals surface area contributed by atoms with Crippen molar-refractivity contribution in [1.82, 2.24) is 4.90 Å². The molecular formula is C15H18ClF3N2O2. The highest BCUT2D eigenvalue weighted by molar-refractivity contribution is 6.30. The molecule has 8 heteroatoms. The normalized spacial score (nSPS) is 18.7. The first-order valence-electron chi connectivity index (χ1n) is 7.10. The summed E-state index contributed by atoms with van der Waals surface area (Å²) in [5.41, 5.74) is -1.63. The number of ether oxygens (including phenoxy) is 1. The molecule has 0 aliphatic carbocycles. The molecule has 0 unspecified atom stereocenters. The van der Waals surface area contributed by atoms with E-state index in [4.69, 9.17) is 16.3 Å². The van der Waals surface area contributed by atoms with Gasteiger partial charge in [-0.2, -0.15) is 13.2 Å². The summed E-state index contributed by atoms with van der Waals surface area (Å²) in [7, 11) is 0. The van der Waals surface area contributed by atoms with Crippen LogP contribution < -0.4 is 5.32 Å².